The zero-order valence-electron chi connectivity index (χ0n) is 12.7. The average Bonchev–Trinajstić information content (AvgIpc) is 2.92. The summed E-state index contributed by atoms with van der Waals surface area (Å²) in [5.74, 6) is 0.828. The molecule has 8 heteroatoms. The maximum atomic E-state index is 5.78. The van der Waals surface area contributed by atoms with Crippen LogP contribution in [0.4, 0.5) is 0 Å². The average molecular weight is 530 g/mol. The van der Waals surface area contributed by atoms with E-state index < -0.39 is 0 Å². The fourth-order valence-corrected chi connectivity index (χ4v) is 3.30. The third-order valence-electron chi connectivity index (χ3n) is 2.85. The molecule has 0 bridgehead atoms. The number of halogens is 3. The van der Waals surface area contributed by atoms with Crippen LogP contribution in [0.3, 0.4) is 0 Å². The lowest BCUT2D eigenvalue weighted by molar-refractivity contribution is 0.799. The summed E-state index contributed by atoms with van der Waals surface area (Å²) in [7, 11) is 0. The van der Waals surface area contributed by atoms with Gasteiger partial charge in [-0.05, 0) is 47.0 Å². The van der Waals surface area contributed by atoms with Crippen LogP contribution in [0, 0.1) is 0 Å². The minimum Gasteiger partial charge on any atom is -0.357 e. The van der Waals surface area contributed by atoms with Crippen molar-refractivity contribution < 1.29 is 0 Å². The van der Waals surface area contributed by atoms with E-state index in [1.165, 1.54) is 4.88 Å². The second-order valence-electron chi connectivity index (χ2n) is 4.59. The number of aromatic nitrogens is 1. The molecule has 2 aromatic rings. The van der Waals surface area contributed by atoms with Crippen molar-refractivity contribution in [2.24, 2.45) is 4.99 Å². The van der Waals surface area contributed by atoms with E-state index in [-0.39, 0.29) is 24.0 Å². The zero-order chi connectivity index (χ0) is 15.8. The van der Waals surface area contributed by atoms with Crippen molar-refractivity contribution in [2.75, 3.05) is 13.1 Å². The van der Waals surface area contributed by atoms with Crippen LogP contribution >= 0.6 is 62.8 Å². The van der Waals surface area contributed by atoms with Crippen LogP contribution in [-0.2, 0) is 13.0 Å². The molecule has 0 unspecified atom stereocenters. The van der Waals surface area contributed by atoms with Crippen molar-refractivity contribution in [2.45, 2.75) is 19.9 Å². The molecule has 2 aromatic heterocycles. The molecule has 0 aromatic carbocycles. The highest BCUT2D eigenvalue weighted by atomic mass is 127. The van der Waals surface area contributed by atoms with Crippen LogP contribution in [0.2, 0.25) is 5.15 Å². The molecule has 2 N–H and O–H groups in total. The zero-order valence-corrected chi connectivity index (χ0v) is 18.2. The summed E-state index contributed by atoms with van der Waals surface area (Å²) in [4.78, 5) is 9.90. The number of pyridine rings is 1. The van der Waals surface area contributed by atoms with Gasteiger partial charge in [-0.25, -0.2) is 9.98 Å². The van der Waals surface area contributed by atoms with Gasteiger partial charge in [0.15, 0.2) is 5.96 Å². The predicted octanol–water partition coefficient (Wildman–Crippen LogP) is 4.47. The fraction of sp³-hybridized carbons (Fsp3) is 0.333. The van der Waals surface area contributed by atoms with Crippen LogP contribution in [0.15, 0.2) is 39.2 Å². The van der Waals surface area contributed by atoms with Crippen LogP contribution in [0.25, 0.3) is 0 Å². The van der Waals surface area contributed by atoms with Gasteiger partial charge in [0, 0.05) is 34.0 Å². The van der Waals surface area contributed by atoms with Gasteiger partial charge in [-0.3, -0.25) is 0 Å². The Balaban J connectivity index is 0.00000264. The van der Waals surface area contributed by atoms with Crippen molar-refractivity contribution in [1.29, 1.82) is 0 Å². The molecule has 126 valence electrons. The number of thiophene rings is 1. The van der Waals surface area contributed by atoms with E-state index in [0.717, 1.165) is 35.5 Å². The molecule has 0 saturated carbocycles. The van der Waals surface area contributed by atoms with Gasteiger partial charge in [0.1, 0.15) is 5.15 Å². The molecule has 0 aliphatic rings. The van der Waals surface area contributed by atoms with E-state index in [4.69, 9.17) is 11.6 Å². The molecule has 0 amide bonds. The summed E-state index contributed by atoms with van der Waals surface area (Å²) < 4.78 is 1.11. The molecule has 2 rings (SSSR count). The molecule has 2 heterocycles. The minimum atomic E-state index is 0. The summed E-state index contributed by atoms with van der Waals surface area (Å²) in [6, 6.07) is 5.90. The number of nitrogens with one attached hydrogen (secondary N) is 2. The molecular weight excluding hydrogens is 511 g/mol. The third kappa shape index (κ3) is 7.82. The Labute approximate surface area is 171 Å². The highest BCUT2D eigenvalue weighted by Gasteiger charge is 2.00. The number of hydrogen-bond acceptors (Lipinski definition) is 3. The smallest absolute Gasteiger partial charge is 0.191 e. The first-order chi connectivity index (χ1) is 10.7. The highest BCUT2D eigenvalue weighted by molar-refractivity contribution is 14.0. The van der Waals surface area contributed by atoms with Crippen LogP contribution in [0.1, 0.15) is 17.4 Å². The number of hydrogen-bond donors (Lipinski definition) is 2. The summed E-state index contributed by atoms with van der Waals surface area (Å²) in [6.45, 7) is 4.36. The van der Waals surface area contributed by atoms with Crippen molar-refractivity contribution >= 4 is 68.8 Å². The second kappa shape index (κ2) is 11.2. The summed E-state index contributed by atoms with van der Waals surface area (Å²) in [5, 5.41) is 9.17. The topological polar surface area (TPSA) is 49.3 Å². The van der Waals surface area contributed by atoms with Gasteiger partial charge in [-0.1, -0.05) is 17.7 Å². The van der Waals surface area contributed by atoms with Gasteiger partial charge in [-0.2, -0.15) is 0 Å². The van der Waals surface area contributed by atoms with E-state index in [1.807, 2.05) is 12.1 Å². The molecule has 0 spiro atoms. The largest absolute Gasteiger partial charge is 0.357 e. The minimum absolute atomic E-state index is 0. The molecule has 0 aliphatic heterocycles. The predicted molar refractivity (Wildman–Crippen MR) is 113 cm³/mol. The highest BCUT2D eigenvalue weighted by Crippen LogP contribution is 2.20. The van der Waals surface area contributed by atoms with Crippen molar-refractivity contribution in [1.82, 2.24) is 15.6 Å². The van der Waals surface area contributed by atoms with E-state index in [2.05, 4.69) is 54.9 Å². The fourth-order valence-electron chi connectivity index (χ4n) is 1.82. The van der Waals surface area contributed by atoms with Crippen molar-refractivity contribution in [3.8, 4) is 0 Å². The first kappa shape index (κ1) is 20.7. The summed E-state index contributed by atoms with van der Waals surface area (Å²) in [6.07, 6.45) is 2.68. The van der Waals surface area contributed by atoms with Gasteiger partial charge in [-0.15, -0.1) is 35.3 Å². The lowest BCUT2D eigenvalue weighted by atomic mass is 10.2. The van der Waals surface area contributed by atoms with Crippen LogP contribution < -0.4 is 10.6 Å². The van der Waals surface area contributed by atoms with Crippen molar-refractivity contribution in [3.05, 3.63) is 49.8 Å². The lowest BCUT2D eigenvalue weighted by Crippen LogP contribution is -2.38. The van der Waals surface area contributed by atoms with Gasteiger partial charge >= 0.3 is 0 Å². The van der Waals surface area contributed by atoms with E-state index in [1.54, 1.807) is 17.5 Å². The Bertz CT molecular complexity index is 618. The summed E-state index contributed by atoms with van der Waals surface area (Å²) >= 11 is 10.9. The monoisotopic (exact) mass is 528 g/mol. The van der Waals surface area contributed by atoms with E-state index >= 15 is 0 Å². The SMILES string of the molecule is CCNC(=NCc1cc(Br)cs1)NCCc1ccc(Cl)nc1.I. The maximum absolute atomic E-state index is 5.78. The number of guanidine groups is 1. The van der Waals surface area contributed by atoms with Crippen molar-refractivity contribution in [3.63, 3.8) is 0 Å². The van der Waals surface area contributed by atoms with Gasteiger partial charge in [0.05, 0.1) is 6.54 Å². The quantitative estimate of drug-likeness (QED) is 0.251. The van der Waals surface area contributed by atoms with Gasteiger partial charge in [0.2, 0.25) is 0 Å². The van der Waals surface area contributed by atoms with E-state index in [9.17, 15) is 0 Å². The Hall–Kier alpha value is -0.380. The second-order valence-corrected chi connectivity index (χ2v) is 6.89. The molecule has 23 heavy (non-hydrogen) atoms. The van der Waals surface area contributed by atoms with Crippen LogP contribution in [0.5, 0.6) is 0 Å². The van der Waals surface area contributed by atoms with Gasteiger partial charge < -0.3 is 10.6 Å². The van der Waals surface area contributed by atoms with Crippen LogP contribution in [-0.4, -0.2) is 24.0 Å². The first-order valence-electron chi connectivity index (χ1n) is 7.03. The Kier molecular flexibility index (Phi) is 10.1. The number of rotatable bonds is 6. The molecule has 0 atom stereocenters. The third-order valence-corrected chi connectivity index (χ3v) is 4.76. The molecule has 0 radical (unpaired) electrons. The Morgan fingerprint density at radius 1 is 1.39 bits per heavy atom. The molecule has 4 nitrogen and oxygen atoms in total. The van der Waals surface area contributed by atoms with Gasteiger partial charge in [0.25, 0.3) is 0 Å². The summed E-state index contributed by atoms with van der Waals surface area (Å²) in [5.41, 5.74) is 1.15. The Morgan fingerprint density at radius 2 is 2.22 bits per heavy atom. The molecule has 0 saturated heterocycles. The number of nitrogens with zero attached hydrogens (tertiary/aromatic N) is 2. The molecule has 0 fully saturated rings. The molecule has 0 aliphatic carbocycles. The normalized spacial score (nSPS) is 11.0. The number of aliphatic imine (C=N–C) groups is 1. The standard InChI is InChI=1S/C15H18BrClN4S.HI/c1-2-18-15(21-9-13-7-12(16)10-22-13)19-6-5-11-3-4-14(17)20-8-11;/h3-4,7-8,10H,2,5-6,9H2,1H3,(H2,18,19,21);1H. The maximum Gasteiger partial charge on any atom is 0.191 e. The lowest BCUT2D eigenvalue weighted by Gasteiger charge is -2.11. The van der Waals surface area contributed by atoms with E-state index in [0.29, 0.717) is 11.7 Å². The first-order valence-corrected chi connectivity index (χ1v) is 9.08. The Morgan fingerprint density at radius 3 is 2.83 bits per heavy atom. The molecular formula is C15H19BrClIN4S.